The molecule has 3 aromatic rings. The average Bonchev–Trinajstić information content (AvgIpc) is 2.94. The Labute approximate surface area is 168 Å². The highest BCUT2D eigenvalue weighted by Crippen LogP contribution is 2.32. The molecule has 0 aliphatic rings. The van der Waals surface area contributed by atoms with E-state index in [1.54, 1.807) is 25.1 Å². The predicted octanol–water partition coefficient (Wildman–Crippen LogP) is 3.76. The number of rotatable bonds is 5. The van der Waals surface area contributed by atoms with E-state index in [0.717, 1.165) is 16.7 Å². The van der Waals surface area contributed by atoms with E-state index in [1.165, 1.54) is 18.0 Å². The Bertz CT molecular complexity index is 1140. The fourth-order valence-electron chi connectivity index (χ4n) is 2.86. The van der Waals surface area contributed by atoms with Gasteiger partial charge in [-0.3, -0.25) is 9.48 Å². The summed E-state index contributed by atoms with van der Waals surface area (Å²) in [7, 11) is -1.96. The van der Waals surface area contributed by atoms with Crippen molar-refractivity contribution in [3.8, 4) is 22.4 Å². The van der Waals surface area contributed by atoms with Gasteiger partial charge in [-0.2, -0.15) is 5.10 Å². The molecule has 3 rings (SSSR count). The van der Waals surface area contributed by atoms with Crippen molar-refractivity contribution in [3.63, 3.8) is 0 Å². The Morgan fingerprint density at radius 2 is 1.75 bits per heavy atom. The van der Waals surface area contributed by atoms with Gasteiger partial charge in [0.1, 0.15) is 6.54 Å². The lowest BCUT2D eigenvalue weighted by atomic mass is 10.0. The Morgan fingerprint density at radius 1 is 1.11 bits per heavy atom. The molecule has 0 radical (unpaired) electrons. The van der Waals surface area contributed by atoms with E-state index in [0.29, 0.717) is 16.4 Å². The van der Waals surface area contributed by atoms with Crippen LogP contribution in [0.25, 0.3) is 22.4 Å². The number of nitrogens with zero attached hydrogens (tertiary/aromatic N) is 2. The molecule has 28 heavy (non-hydrogen) atoms. The number of carbonyl (C=O) groups is 1. The lowest BCUT2D eigenvalue weighted by molar-refractivity contribution is -0.141. The van der Waals surface area contributed by atoms with E-state index >= 15 is 0 Å². The highest BCUT2D eigenvalue weighted by molar-refractivity contribution is 7.90. The van der Waals surface area contributed by atoms with Gasteiger partial charge < -0.3 is 4.74 Å². The van der Waals surface area contributed by atoms with Crippen molar-refractivity contribution in [2.24, 2.45) is 0 Å². The third-order valence-corrected chi connectivity index (χ3v) is 5.88. The highest BCUT2D eigenvalue weighted by atomic mass is 35.5. The number of esters is 1. The van der Waals surface area contributed by atoms with Gasteiger partial charge >= 0.3 is 5.97 Å². The van der Waals surface area contributed by atoms with Gasteiger partial charge in [0.05, 0.1) is 28.4 Å². The van der Waals surface area contributed by atoms with Gasteiger partial charge in [0, 0.05) is 11.8 Å². The molecule has 0 spiro atoms. The molecule has 0 aliphatic heterocycles. The minimum atomic E-state index is -3.28. The molecule has 6 nitrogen and oxygen atoms in total. The number of hydrogen-bond acceptors (Lipinski definition) is 5. The van der Waals surface area contributed by atoms with Crippen LogP contribution in [0.4, 0.5) is 0 Å². The van der Waals surface area contributed by atoms with E-state index in [-0.39, 0.29) is 11.4 Å². The zero-order valence-electron chi connectivity index (χ0n) is 15.6. The molecule has 0 unspecified atom stereocenters. The number of hydrogen-bond donors (Lipinski definition) is 0. The standard InChI is InChI=1S/C20H19ClN2O4S/c1-13-19(21)20(23(22-13)12-18(24)27-2)15-9-7-14(8-10-15)16-5-4-6-17(11-16)28(3,25)26/h4-11H,12H2,1-3H3. The summed E-state index contributed by atoms with van der Waals surface area (Å²) in [6.07, 6.45) is 1.18. The van der Waals surface area contributed by atoms with Crippen LogP contribution in [-0.4, -0.2) is 37.5 Å². The van der Waals surface area contributed by atoms with Crippen LogP contribution in [0.5, 0.6) is 0 Å². The fraction of sp³-hybridized carbons (Fsp3) is 0.200. The van der Waals surface area contributed by atoms with Crippen molar-refractivity contribution in [1.29, 1.82) is 0 Å². The van der Waals surface area contributed by atoms with E-state index in [2.05, 4.69) is 5.10 Å². The number of sulfone groups is 1. The van der Waals surface area contributed by atoms with Crippen molar-refractivity contribution >= 4 is 27.4 Å². The molecule has 0 amide bonds. The van der Waals surface area contributed by atoms with Gasteiger partial charge in [-0.1, -0.05) is 48.0 Å². The van der Waals surface area contributed by atoms with Gasteiger partial charge in [0.2, 0.25) is 0 Å². The van der Waals surface area contributed by atoms with Crippen molar-refractivity contribution < 1.29 is 17.9 Å². The summed E-state index contributed by atoms with van der Waals surface area (Å²) in [4.78, 5) is 11.9. The lowest BCUT2D eigenvalue weighted by Crippen LogP contribution is -2.13. The number of aromatic nitrogens is 2. The predicted molar refractivity (Wildman–Crippen MR) is 108 cm³/mol. The molecule has 0 N–H and O–H groups in total. The van der Waals surface area contributed by atoms with Crippen LogP contribution in [0, 0.1) is 6.92 Å². The Morgan fingerprint density at radius 3 is 2.36 bits per heavy atom. The van der Waals surface area contributed by atoms with Crippen molar-refractivity contribution in [2.45, 2.75) is 18.4 Å². The van der Waals surface area contributed by atoms with Crippen LogP contribution in [0.2, 0.25) is 5.02 Å². The van der Waals surface area contributed by atoms with Gasteiger partial charge in [-0.05, 0) is 30.2 Å². The topological polar surface area (TPSA) is 78.3 Å². The molecule has 1 aromatic heterocycles. The first-order chi connectivity index (χ1) is 13.2. The first kappa shape index (κ1) is 20.1. The molecule has 0 aliphatic carbocycles. The molecule has 0 saturated heterocycles. The van der Waals surface area contributed by atoms with E-state index in [9.17, 15) is 13.2 Å². The molecule has 0 saturated carbocycles. The third kappa shape index (κ3) is 4.10. The monoisotopic (exact) mass is 418 g/mol. The first-order valence-corrected chi connectivity index (χ1v) is 10.7. The first-order valence-electron chi connectivity index (χ1n) is 8.41. The van der Waals surface area contributed by atoms with Crippen LogP contribution < -0.4 is 0 Å². The summed E-state index contributed by atoms with van der Waals surface area (Å²) >= 11 is 6.40. The van der Waals surface area contributed by atoms with E-state index in [4.69, 9.17) is 16.3 Å². The molecular weight excluding hydrogens is 400 g/mol. The van der Waals surface area contributed by atoms with Gasteiger partial charge in [0.25, 0.3) is 0 Å². The number of methoxy groups -OCH3 is 1. The number of aryl methyl sites for hydroxylation is 1. The summed E-state index contributed by atoms with van der Waals surface area (Å²) in [6.45, 7) is 1.72. The van der Waals surface area contributed by atoms with Crippen LogP contribution in [0.3, 0.4) is 0 Å². The second-order valence-corrected chi connectivity index (χ2v) is 8.75. The third-order valence-electron chi connectivity index (χ3n) is 4.31. The fourth-order valence-corrected chi connectivity index (χ4v) is 3.77. The maximum absolute atomic E-state index is 11.8. The van der Waals surface area contributed by atoms with E-state index < -0.39 is 15.8 Å². The molecular formula is C20H19ClN2O4S. The number of carbonyl (C=O) groups excluding carboxylic acids is 1. The summed E-state index contributed by atoms with van der Waals surface area (Å²) in [5, 5.41) is 4.78. The normalized spacial score (nSPS) is 11.4. The zero-order valence-corrected chi connectivity index (χ0v) is 17.2. The maximum atomic E-state index is 11.8. The molecule has 0 bridgehead atoms. The second-order valence-electron chi connectivity index (χ2n) is 6.36. The Kier molecular flexibility index (Phi) is 5.58. The molecule has 0 fully saturated rings. The molecule has 2 aromatic carbocycles. The van der Waals surface area contributed by atoms with Crippen molar-refractivity contribution in [1.82, 2.24) is 9.78 Å². The molecule has 8 heteroatoms. The highest BCUT2D eigenvalue weighted by Gasteiger charge is 2.18. The lowest BCUT2D eigenvalue weighted by Gasteiger charge is -2.09. The van der Waals surface area contributed by atoms with Crippen LogP contribution >= 0.6 is 11.6 Å². The van der Waals surface area contributed by atoms with Crippen LogP contribution in [-0.2, 0) is 25.9 Å². The van der Waals surface area contributed by atoms with Crippen molar-refractivity contribution in [2.75, 3.05) is 13.4 Å². The summed E-state index contributed by atoms with van der Waals surface area (Å²) in [5.41, 5.74) is 3.69. The zero-order chi connectivity index (χ0) is 20.5. The minimum Gasteiger partial charge on any atom is -0.468 e. The smallest absolute Gasteiger partial charge is 0.327 e. The Balaban J connectivity index is 1.99. The molecule has 0 atom stereocenters. The van der Waals surface area contributed by atoms with Gasteiger partial charge in [-0.15, -0.1) is 0 Å². The summed E-state index contributed by atoms with van der Waals surface area (Å²) in [6, 6.07) is 14.2. The maximum Gasteiger partial charge on any atom is 0.327 e. The minimum absolute atomic E-state index is 0.0441. The van der Waals surface area contributed by atoms with E-state index in [1.807, 2.05) is 30.3 Å². The Hall–Kier alpha value is -2.64. The molecule has 1 heterocycles. The van der Waals surface area contributed by atoms with Crippen LogP contribution in [0.15, 0.2) is 53.4 Å². The van der Waals surface area contributed by atoms with Crippen LogP contribution in [0.1, 0.15) is 5.69 Å². The summed E-state index contributed by atoms with van der Waals surface area (Å²) in [5.74, 6) is -0.422. The quantitative estimate of drug-likeness (QED) is 0.589. The number of ether oxygens (including phenoxy) is 1. The second kappa shape index (κ2) is 7.77. The van der Waals surface area contributed by atoms with Gasteiger partial charge in [0.15, 0.2) is 9.84 Å². The van der Waals surface area contributed by atoms with Gasteiger partial charge in [-0.25, -0.2) is 8.42 Å². The summed E-state index contributed by atoms with van der Waals surface area (Å²) < 4.78 is 29.8. The van der Waals surface area contributed by atoms with Crippen molar-refractivity contribution in [3.05, 3.63) is 59.2 Å². The number of halogens is 1. The molecule has 146 valence electrons. The largest absolute Gasteiger partial charge is 0.468 e. The number of benzene rings is 2. The average molecular weight is 419 g/mol. The SMILES string of the molecule is COC(=O)Cn1nc(C)c(Cl)c1-c1ccc(-c2cccc(S(C)(=O)=O)c2)cc1.